The number of hydrogen-bond donors (Lipinski definition) is 0. The Hall–Kier alpha value is -5.76. The normalized spacial score (nSPS) is 11.9. The summed E-state index contributed by atoms with van der Waals surface area (Å²) >= 11 is 1.87. The lowest BCUT2D eigenvalue weighted by Crippen LogP contribution is -1.91. The van der Waals surface area contributed by atoms with Gasteiger partial charge >= 0.3 is 0 Å². The molecule has 44 heavy (non-hydrogen) atoms. The molecule has 0 saturated carbocycles. The first-order valence-electron chi connectivity index (χ1n) is 14.7. The van der Waals surface area contributed by atoms with Crippen LogP contribution in [0.3, 0.4) is 0 Å². The van der Waals surface area contributed by atoms with E-state index in [1.165, 1.54) is 58.1 Å². The molecule has 10 aromatic rings. The van der Waals surface area contributed by atoms with E-state index >= 15 is 0 Å². The molecule has 6 aromatic carbocycles. The van der Waals surface area contributed by atoms with Crippen molar-refractivity contribution in [3.8, 4) is 23.2 Å². The van der Waals surface area contributed by atoms with Crippen LogP contribution < -0.4 is 0 Å². The maximum absolute atomic E-state index is 4.65. The Bertz CT molecular complexity index is 2820. The number of aromatic nitrogens is 3. The maximum atomic E-state index is 4.65. The smallest absolute Gasteiger partial charge is 0.159 e. The predicted octanol–water partition coefficient (Wildman–Crippen LogP) is 10.2. The van der Waals surface area contributed by atoms with Gasteiger partial charge in [0.05, 0.1) is 22.1 Å². The van der Waals surface area contributed by atoms with Crippen LogP contribution in [0.2, 0.25) is 0 Å². The second kappa shape index (κ2) is 8.87. The highest BCUT2D eigenvalue weighted by Crippen LogP contribution is 2.48. The molecule has 4 aromatic heterocycles. The van der Waals surface area contributed by atoms with Gasteiger partial charge in [0.15, 0.2) is 5.82 Å². The molecule has 202 valence electrons. The Balaban J connectivity index is 1.43. The highest BCUT2D eigenvalue weighted by atomic mass is 32.1. The Morgan fingerprint density at radius 2 is 1.27 bits per heavy atom. The maximum Gasteiger partial charge on any atom is 0.159 e. The van der Waals surface area contributed by atoms with E-state index in [2.05, 4.69) is 135 Å². The van der Waals surface area contributed by atoms with Crippen molar-refractivity contribution in [3.63, 3.8) is 0 Å². The molecule has 10 rings (SSSR count). The number of fused-ring (bicyclic) bond motifs is 11. The quantitative estimate of drug-likeness (QED) is 0.182. The highest BCUT2D eigenvalue weighted by Gasteiger charge is 2.24. The summed E-state index contributed by atoms with van der Waals surface area (Å²) in [7, 11) is 0. The zero-order valence-corrected chi connectivity index (χ0v) is 24.2. The Morgan fingerprint density at radius 1 is 0.523 bits per heavy atom. The predicted molar refractivity (Wildman–Crippen MR) is 185 cm³/mol. The van der Waals surface area contributed by atoms with Crippen LogP contribution in [0, 0.1) is 11.8 Å². The van der Waals surface area contributed by atoms with E-state index in [1.807, 2.05) is 17.4 Å². The van der Waals surface area contributed by atoms with Gasteiger partial charge in [-0.2, -0.15) is 0 Å². The van der Waals surface area contributed by atoms with E-state index in [4.69, 9.17) is 0 Å². The molecular formula is C40H21N3S. The molecule has 4 heterocycles. The molecule has 3 nitrogen and oxygen atoms in total. The zero-order chi connectivity index (χ0) is 28.8. The minimum atomic E-state index is 0.698. The van der Waals surface area contributed by atoms with E-state index in [0.717, 1.165) is 27.6 Å². The summed E-state index contributed by atoms with van der Waals surface area (Å²) in [6.45, 7) is 0. The first-order chi connectivity index (χ1) is 21.8. The SMILES string of the molecule is C(#Cc1cc(-c2ncccn2)cc2c3c4c(cc5c6ccccc6n(c12)c53)sc1ccccc14)c1cccc2ccccc12. The fourth-order valence-corrected chi connectivity index (χ4v) is 8.19. The number of para-hydroxylation sites is 1. The third-order valence-corrected chi connectivity index (χ3v) is 9.96. The minimum absolute atomic E-state index is 0.698. The van der Waals surface area contributed by atoms with Crippen LogP contribution in [0.1, 0.15) is 11.1 Å². The molecule has 0 aliphatic carbocycles. The first-order valence-corrected chi connectivity index (χ1v) is 15.5. The minimum Gasteiger partial charge on any atom is -0.307 e. The Morgan fingerprint density at radius 3 is 2.18 bits per heavy atom. The number of rotatable bonds is 1. The monoisotopic (exact) mass is 575 g/mol. The van der Waals surface area contributed by atoms with Crippen LogP contribution in [-0.4, -0.2) is 14.4 Å². The van der Waals surface area contributed by atoms with Gasteiger partial charge in [0, 0.05) is 65.2 Å². The van der Waals surface area contributed by atoms with Crippen molar-refractivity contribution < 1.29 is 0 Å². The average Bonchev–Trinajstić information content (AvgIpc) is 3.73. The topological polar surface area (TPSA) is 30.2 Å². The lowest BCUT2D eigenvalue weighted by Gasteiger charge is -2.06. The second-order valence-electron chi connectivity index (χ2n) is 11.2. The van der Waals surface area contributed by atoms with Crippen molar-refractivity contribution in [2.75, 3.05) is 0 Å². The Kier molecular flexibility index (Phi) is 4.79. The molecule has 0 aliphatic rings. The van der Waals surface area contributed by atoms with E-state index in [1.54, 1.807) is 12.4 Å². The molecule has 0 bridgehead atoms. The van der Waals surface area contributed by atoms with Crippen molar-refractivity contribution in [1.82, 2.24) is 14.4 Å². The van der Waals surface area contributed by atoms with E-state index < -0.39 is 0 Å². The molecule has 0 amide bonds. The number of benzene rings is 6. The summed E-state index contributed by atoms with van der Waals surface area (Å²) in [4.78, 5) is 9.30. The van der Waals surface area contributed by atoms with Gasteiger partial charge in [-0.3, -0.25) is 0 Å². The van der Waals surface area contributed by atoms with Gasteiger partial charge in [-0.1, -0.05) is 84.6 Å². The van der Waals surface area contributed by atoms with Gasteiger partial charge < -0.3 is 4.40 Å². The molecule has 0 atom stereocenters. The van der Waals surface area contributed by atoms with Crippen molar-refractivity contribution >= 4 is 80.4 Å². The van der Waals surface area contributed by atoms with E-state index in [-0.39, 0.29) is 0 Å². The summed E-state index contributed by atoms with van der Waals surface area (Å²) < 4.78 is 5.05. The largest absolute Gasteiger partial charge is 0.307 e. The van der Waals surface area contributed by atoms with Crippen LogP contribution >= 0.6 is 11.3 Å². The van der Waals surface area contributed by atoms with Gasteiger partial charge in [-0.05, 0) is 53.2 Å². The third kappa shape index (κ3) is 3.22. The van der Waals surface area contributed by atoms with Crippen molar-refractivity contribution in [1.29, 1.82) is 0 Å². The molecule has 0 aliphatic heterocycles. The van der Waals surface area contributed by atoms with Gasteiger partial charge in [0.1, 0.15) is 0 Å². The lowest BCUT2D eigenvalue weighted by atomic mass is 9.99. The lowest BCUT2D eigenvalue weighted by molar-refractivity contribution is 1.18. The van der Waals surface area contributed by atoms with Crippen LogP contribution in [0.5, 0.6) is 0 Å². The molecule has 4 heteroatoms. The van der Waals surface area contributed by atoms with Crippen LogP contribution in [-0.2, 0) is 0 Å². The third-order valence-electron chi connectivity index (χ3n) is 8.85. The number of nitrogens with zero attached hydrogens (tertiary/aromatic N) is 3. The summed E-state index contributed by atoms with van der Waals surface area (Å²) in [6, 6.07) is 41.0. The standard InChI is InChI=1S/C40H21N3S/c1-2-12-28-24(9-1)10-7-11-25(28)17-18-26-21-27(40-41-19-8-20-42-40)22-32-37-36-30-14-4-6-16-34(30)44-35(36)23-31-29-13-3-5-15-33(29)43(38(26)32)39(31)37/h1-16,19-23H. The zero-order valence-electron chi connectivity index (χ0n) is 23.4. The van der Waals surface area contributed by atoms with Crippen molar-refractivity contribution in [3.05, 3.63) is 139 Å². The van der Waals surface area contributed by atoms with Gasteiger partial charge in [0.2, 0.25) is 0 Å². The number of hydrogen-bond acceptors (Lipinski definition) is 3. The molecule has 0 saturated heterocycles. The Labute approximate surface area is 256 Å². The summed E-state index contributed by atoms with van der Waals surface area (Å²) in [5, 5.41) is 9.93. The van der Waals surface area contributed by atoms with Crippen LogP contribution in [0.25, 0.3) is 80.4 Å². The van der Waals surface area contributed by atoms with E-state index in [9.17, 15) is 0 Å². The van der Waals surface area contributed by atoms with Crippen LogP contribution in [0.4, 0.5) is 0 Å². The van der Waals surface area contributed by atoms with Crippen LogP contribution in [0.15, 0.2) is 128 Å². The molecule has 0 radical (unpaired) electrons. The van der Waals surface area contributed by atoms with Crippen molar-refractivity contribution in [2.45, 2.75) is 0 Å². The van der Waals surface area contributed by atoms with E-state index in [0.29, 0.717) is 5.82 Å². The molecule has 0 N–H and O–H groups in total. The average molecular weight is 576 g/mol. The van der Waals surface area contributed by atoms with Crippen molar-refractivity contribution in [2.24, 2.45) is 0 Å². The highest BCUT2D eigenvalue weighted by molar-refractivity contribution is 7.26. The van der Waals surface area contributed by atoms with Gasteiger partial charge in [0.25, 0.3) is 0 Å². The first kappa shape index (κ1) is 23.8. The van der Waals surface area contributed by atoms with Gasteiger partial charge in [-0.25, -0.2) is 9.97 Å². The molecule has 0 spiro atoms. The molecule has 0 fully saturated rings. The summed E-state index contributed by atoms with van der Waals surface area (Å²) in [6.07, 6.45) is 3.61. The summed E-state index contributed by atoms with van der Waals surface area (Å²) in [5.41, 5.74) is 6.51. The fraction of sp³-hybridized carbons (Fsp3) is 0. The summed E-state index contributed by atoms with van der Waals surface area (Å²) in [5.74, 6) is 7.92. The second-order valence-corrected chi connectivity index (χ2v) is 12.3. The number of thiophene rings is 1. The fourth-order valence-electron chi connectivity index (χ4n) is 7.03. The van der Waals surface area contributed by atoms with Gasteiger partial charge in [-0.15, -0.1) is 11.3 Å². The molecular weight excluding hydrogens is 555 g/mol. The molecule has 0 unspecified atom stereocenters.